The normalized spacial score (nSPS) is 14.8. The minimum absolute atomic E-state index is 0.0522. The maximum Gasteiger partial charge on any atom is 0.472 e. The van der Waals surface area contributed by atoms with Crippen molar-refractivity contribution in [2.24, 2.45) is 0 Å². The summed E-state index contributed by atoms with van der Waals surface area (Å²) in [5.74, 6) is -0.196. The van der Waals surface area contributed by atoms with Gasteiger partial charge in [0.05, 0.1) is 39.9 Å². The van der Waals surface area contributed by atoms with Gasteiger partial charge in [0.15, 0.2) is 0 Å². The minimum atomic E-state index is -4.35. The maximum absolute atomic E-state index is 12.9. The van der Waals surface area contributed by atoms with Crippen LogP contribution in [-0.2, 0) is 18.4 Å². The van der Waals surface area contributed by atoms with Gasteiger partial charge in [0.25, 0.3) is 0 Å². The topological polar surface area (TPSA) is 105 Å². The van der Waals surface area contributed by atoms with E-state index in [4.69, 9.17) is 9.05 Å². The van der Waals surface area contributed by atoms with Crippen molar-refractivity contribution in [3.05, 3.63) is 48.6 Å². The summed E-state index contributed by atoms with van der Waals surface area (Å²) in [7, 11) is 1.54. The van der Waals surface area contributed by atoms with Crippen LogP contribution in [-0.4, -0.2) is 73.4 Å². The Kier molecular flexibility index (Phi) is 36.9. The summed E-state index contributed by atoms with van der Waals surface area (Å²) in [5, 5.41) is 13.8. The molecular formula is C46H88N2O6P+. The molecule has 0 aliphatic heterocycles. The van der Waals surface area contributed by atoms with E-state index in [-0.39, 0.29) is 19.1 Å². The van der Waals surface area contributed by atoms with Crippen LogP contribution in [0.5, 0.6) is 0 Å². The van der Waals surface area contributed by atoms with Crippen LogP contribution in [0.25, 0.3) is 0 Å². The molecule has 8 nitrogen and oxygen atoms in total. The summed E-state index contributed by atoms with van der Waals surface area (Å²) in [6.45, 7) is 4.75. The summed E-state index contributed by atoms with van der Waals surface area (Å²) >= 11 is 0. The molecule has 0 aliphatic rings. The molecular weight excluding hydrogens is 707 g/mol. The molecule has 0 radical (unpaired) electrons. The van der Waals surface area contributed by atoms with Crippen molar-refractivity contribution in [1.82, 2.24) is 5.32 Å². The lowest BCUT2D eigenvalue weighted by Crippen LogP contribution is -2.45. The number of rotatable bonds is 40. The maximum atomic E-state index is 12.9. The average Bonchev–Trinajstić information content (AvgIpc) is 3.13. The number of nitrogens with one attached hydrogen (secondary N) is 1. The Morgan fingerprint density at radius 2 is 1.00 bits per heavy atom. The number of unbranched alkanes of at least 4 members (excludes halogenated alkanes) is 21. The zero-order valence-electron chi connectivity index (χ0n) is 36.4. The standard InChI is InChI=1S/C46H87N2O6P/c1-6-8-10-12-14-16-18-20-22-23-24-25-26-28-30-32-34-36-38-40-46(50)47-44(43-54-55(51,52)53-42-41-48(3,4)5)45(49)39-37-35-33-31-29-27-21-19-17-15-13-11-9-7-2/h17,19-20,22,29,31,37,39,44-45,49H,6-16,18,21,23-28,30,32-36,38,40-43H2,1-5H3,(H-,47,50,51,52)/p+1/b19-17+,22-20-,31-29+,39-37+. The Bertz CT molecular complexity index is 1040. The van der Waals surface area contributed by atoms with Crippen molar-refractivity contribution in [3.8, 4) is 0 Å². The molecule has 3 atom stereocenters. The number of amides is 1. The number of phosphoric ester groups is 1. The fourth-order valence-electron chi connectivity index (χ4n) is 6.12. The van der Waals surface area contributed by atoms with Gasteiger partial charge in [0, 0.05) is 6.42 Å². The highest BCUT2D eigenvalue weighted by molar-refractivity contribution is 7.47. The third kappa shape index (κ3) is 40.5. The van der Waals surface area contributed by atoms with Crippen LogP contribution in [0.15, 0.2) is 48.6 Å². The van der Waals surface area contributed by atoms with Gasteiger partial charge >= 0.3 is 7.82 Å². The van der Waals surface area contributed by atoms with E-state index in [1.165, 1.54) is 122 Å². The predicted molar refractivity (Wildman–Crippen MR) is 235 cm³/mol. The lowest BCUT2D eigenvalue weighted by atomic mass is 10.0. The van der Waals surface area contributed by atoms with Gasteiger partial charge in [0.1, 0.15) is 13.2 Å². The summed E-state index contributed by atoms with van der Waals surface area (Å²) in [6, 6.07) is -0.869. The molecule has 3 N–H and O–H groups in total. The van der Waals surface area contributed by atoms with Gasteiger partial charge in [-0.3, -0.25) is 13.8 Å². The monoisotopic (exact) mass is 796 g/mol. The number of quaternary nitrogens is 1. The molecule has 55 heavy (non-hydrogen) atoms. The quantitative estimate of drug-likeness (QED) is 0.0247. The van der Waals surface area contributed by atoms with E-state index in [0.29, 0.717) is 17.4 Å². The first-order chi connectivity index (χ1) is 26.5. The molecule has 0 heterocycles. The molecule has 3 unspecified atom stereocenters. The number of aliphatic hydroxyl groups is 1. The van der Waals surface area contributed by atoms with E-state index in [0.717, 1.165) is 44.9 Å². The van der Waals surface area contributed by atoms with Gasteiger partial charge in [0.2, 0.25) is 5.91 Å². The van der Waals surface area contributed by atoms with Crippen molar-refractivity contribution in [2.75, 3.05) is 40.9 Å². The zero-order valence-corrected chi connectivity index (χ0v) is 37.3. The Balaban J connectivity index is 4.45. The highest BCUT2D eigenvalue weighted by Crippen LogP contribution is 2.43. The minimum Gasteiger partial charge on any atom is -0.387 e. The molecule has 0 aromatic carbocycles. The van der Waals surface area contributed by atoms with Crippen LogP contribution < -0.4 is 5.32 Å². The number of nitrogens with zero attached hydrogens (tertiary/aromatic N) is 1. The van der Waals surface area contributed by atoms with E-state index < -0.39 is 20.0 Å². The lowest BCUT2D eigenvalue weighted by molar-refractivity contribution is -0.870. The summed E-state index contributed by atoms with van der Waals surface area (Å²) in [5.41, 5.74) is 0. The first kappa shape index (κ1) is 53.5. The Hall–Kier alpha value is -1.54. The van der Waals surface area contributed by atoms with Gasteiger partial charge in [-0.25, -0.2) is 4.57 Å². The first-order valence-corrected chi connectivity index (χ1v) is 24.0. The second-order valence-corrected chi connectivity index (χ2v) is 17.9. The van der Waals surface area contributed by atoms with Crippen LogP contribution >= 0.6 is 7.82 Å². The number of phosphoric acid groups is 1. The fraction of sp³-hybridized carbons (Fsp3) is 0.804. The molecule has 0 aromatic rings. The molecule has 0 aromatic heterocycles. The van der Waals surface area contributed by atoms with Crippen molar-refractivity contribution in [1.29, 1.82) is 0 Å². The van der Waals surface area contributed by atoms with E-state index >= 15 is 0 Å². The largest absolute Gasteiger partial charge is 0.472 e. The van der Waals surface area contributed by atoms with Gasteiger partial charge < -0.3 is 19.8 Å². The molecule has 1 amide bonds. The van der Waals surface area contributed by atoms with Crippen LogP contribution in [0.4, 0.5) is 0 Å². The van der Waals surface area contributed by atoms with Crippen molar-refractivity contribution < 1.29 is 32.9 Å². The molecule has 0 rings (SSSR count). The highest BCUT2D eigenvalue weighted by atomic mass is 31.2. The number of hydrogen-bond acceptors (Lipinski definition) is 5. The smallest absolute Gasteiger partial charge is 0.387 e. The average molecular weight is 796 g/mol. The van der Waals surface area contributed by atoms with Crippen LogP contribution in [0.2, 0.25) is 0 Å². The Labute approximate surface area is 339 Å². The van der Waals surface area contributed by atoms with Crippen LogP contribution in [0.3, 0.4) is 0 Å². The summed E-state index contributed by atoms with van der Waals surface area (Å²) < 4.78 is 23.5. The number of likely N-dealkylation sites (N-methyl/N-ethyl adjacent to an activating group) is 1. The second-order valence-electron chi connectivity index (χ2n) is 16.4. The molecule has 322 valence electrons. The number of carbonyl (C=O) groups is 1. The van der Waals surface area contributed by atoms with Crippen molar-refractivity contribution in [3.63, 3.8) is 0 Å². The second kappa shape index (κ2) is 38.0. The molecule has 0 bridgehead atoms. The van der Waals surface area contributed by atoms with Gasteiger partial charge in [-0.2, -0.15) is 0 Å². The third-order valence-corrected chi connectivity index (χ3v) is 10.7. The molecule has 0 saturated carbocycles. The van der Waals surface area contributed by atoms with E-state index in [1.807, 2.05) is 27.2 Å². The highest BCUT2D eigenvalue weighted by Gasteiger charge is 2.27. The van der Waals surface area contributed by atoms with E-state index in [1.54, 1.807) is 6.08 Å². The molecule has 9 heteroatoms. The van der Waals surface area contributed by atoms with Gasteiger partial charge in [-0.15, -0.1) is 0 Å². The number of hydrogen-bond donors (Lipinski definition) is 3. The molecule has 0 spiro atoms. The third-order valence-electron chi connectivity index (χ3n) is 9.75. The summed E-state index contributed by atoms with van der Waals surface area (Å²) in [6.07, 6.45) is 47.5. The molecule has 0 saturated heterocycles. The molecule has 0 aliphatic carbocycles. The van der Waals surface area contributed by atoms with E-state index in [2.05, 4.69) is 55.6 Å². The van der Waals surface area contributed by atoms with E-state index in [9.17, 15) is 19.4 Å². The number of allylic oxidation sites excluding steroid dienone is 7. The van der Waals surface area contributed by atoms with Gasteiger partial charge in [-0.1, -0.05) is 159 Å². The van der Waals surface area contributed by atoms with Crippen LogP contribution in [0.1, 0.15) is 187 Å². The first-order valence-electron chi connectivity index (χ1n) is 22.5. The Morgan fingerprint density at radius 1 is 0.600 bits per heavy atom. The zero-order chi connectivity index (χ0) is 40.7. The lowest BCUT2D eigenvalue weighted by Gasteiger charge is -2.25. The van der Waals surface area contributed by atoms with Gasteiger partial charge in [-0.05, 0) is 70.6 Å². The van der Waals surface area contributed by atoms with Crippen molar-refractivity contribution >= 4 is 13.7 Å². The summed E-state index contributed by atoms with van der Waals surface area (Å²) in [4.78, 5) is 23.1. The Morgan fingerprint density at radius 3 is 1.47 bits per heavy atom. The number of aliphatic hydroxyl groups excluding tert-OH is 1. The SMILES string of the molecule is CCCCCC/C=C/CC/C=C/CC/C=C/C(O)C(COP(=O)(O)OCC[N+](C)(C)C)NC(=O)CCCCCCCCCCC/C=C\CCCCCCCC. The number of carbonyl (C=O) groups excluding carboxylic acids is 1. The fourth-order valence-corrected chi connectivity index (χ4v) is 6.86. The molecule has 0 fully saturated rings. The van der Waals surface area contributed by atoms with Crippen molar-refractivity contribution in [2.45, 2.75) is 199 Å². The van der Waals surface area contributed by atoms with Crippen LogP contribution in [0, 0.1) is 0 Å². The predicted octanol–water partition coefficient (Wildman–Crippen LogP) is 12.5.